The topological polar surface area (TPSA) is 25.8 Å². The molecule has 2 heterocycles. The number of pyridine rings is 2. The summed E-state index contributed by atoms with van der Waals surface area (Å²) in [5.74, 6) is 0. The van der Waals surface area contributed by atoms with Crippen LogP contribution in [0.15, 0.2) is 91.3 Å². The fraction of sp³-hybridized carbons (Fsp3) is 0.0400. The molecule has 0 saturated heterocycles. The SMILES string of the molecule is Cc1ccc(-c2cc(-c3cccnc3)nc3ccc4ccccc4c23)cc1. The summed E-state index contributed by atoms with van der Waals surface area (Å²) in [6.07, 6.45) is 3.66. The number of benzene rings is 3. The molecule has 0 amide bonds. The van der Waals surface area contributed by atoms with Gasteiger partial charge in [-0.1, -0.05) is 60.2 Å². The molecule has 0 radical (unpaired) electrons. The third-order valence-corrected chi connectivity index (χ3v) is 5.02. The summed E-state index contributed by atoms with van der Waals surface area (Å²) in [6.45, 7) is 2.12. The molecule has 27 heavy (non-hydrogen) atoms. The number of fused-ring (bicyclic) bond motifs is 3. The minimum Gasteiger partial charge on any atom is -0.264 e. The zero-order valence-electron chi connectivity index (χ0n) is 15.1. The van der Waals surface area contributed by atoms with Gasteiger partial charge in [-0.05, 0) is 53.1 Å². The van der Waals surface area contributed by atoms with Crippen LogP contribution in [0.1, 0.15) is 5.56 Å². The summed E-state index contributed by atoms with van der Waals surface area (Å²) in [5, 5.41) is 3.66. The molecule has 128 valence electrons. The Bertz CT molecular complexity index is 1260. The highest BCUT2D eigenvalue weighted by Crippen LogP contribution is 2.36. The molecule has 2 nitrogen and oxygen atoms in total. The van der Waals surface area contributed by atoms with E-state index in [9.17, 15) is 0 Å². The van der Waals surface area contributed by atoms with Crippen LogP contribution in [-0.4, -0.2) is 9.97 Å². The van der Waals surface area contributed by atoms with Crippen LogP contribution in [0.4, 0.5) is 0 Å². The summed E-state index contributed by atoms with van der Waals surface area (Å²) in [6, 6.07) is 27.7. The van der Waals surface area contributed by atoms with Crippen LogP contribution in [0.2, 0.25) is 0 Å². The average Bonchev–Trinajstić information content (AvgIpc) is 2.74. The van der Waals surface area contributed by atoms with Crippen LogP contribution < -0.4 is 0 Å². The minimum absolute atomic E-state index is 0.946. The van der Waals surface area contributed by atoms with Gasteiger partial charge in [0.25, 0.3) is 0 Å². The van der Waals surface area contributed by atoms with Crippen molar-refractivity contribution in [3.63, 3.8) is 0 Å². The van der Waals surface area contributed by atoms with Gasteiger partial charge in [0.15, 0.2) is 0 Å². The van der Waals surface area contributed by atoms with Crippen LogP contribution >= 0.6 is 0 Å². The normalized spacial score (nSPS) is 11.1. The first-order valence-corrected chi connectivity index (χ1v) is 9.09. The predicted molar refractivity (Wildman–Crippen MR) is 113 cm³/mol. The van der Waals surface area contributed by atoms with Gasteiger partial charge < -0.3 is 0 Å². The van der Waals surface area contributed by atoms with Crippen molar-refractivity contribution in [2.24, 2.45) is 0 Å². The Morgan fingerprint density at radius 3 is 2.41 bits per heavy atom. The highest BCUT2D eigenvalue weighted by Gasteiger charge is 2.12. The van der Waals surface area contributed by atoms with Gasteiger partial charge in [-0.15, -0.1) is 0 Å². The summed E-state index contributed by atoms with van der Waals surface area (Å²) < 4.78 is 0. The Balaban J connectivity index is 1.90. The summed E-state index contributed by atoms with van der Waals surface area (Å²) >= 11 is 0. The van der Waals surface area contributed by atoms with Crippen molar-refractivity contribution in [3.05, 3.63) is 96.8 Å². The zero-order chi connectivity index (χ0) is 18.2. The number of aryl methyl sites for hydroxylation is 1. The molecule has 0 aliphatic carbocycles. The van der Waals surface area contributed by atoms with Gasteiger partial charge in [-0.25, -0.2) is 4.98 Å². The van der Waals surface area contributed by atoms with Gasteiger partial charge in [-0.3, -0.25) is 4.98 Å². The van der Waals surface area contributed by atoms with Crippen molar-refractivity contribution < 1.29 is 0 Å². The number of aromatic nitrogens is 2. The third kappa shape index (κ3) is 2.76. The van der Waals surface area contributed by atoms with E-state index in [0.717, 1.165) is 16.8 Å². The molecule has 0 atom stereocenters. The number of hydrogen-bond acceptors (Lipinski definition) is 2. The maximum atomic E-state index is 4.96. The van der Waals surface area contributed by atoms with E-state index in [-0.39, 0.29) is 0 Å². The maximum absolute atomic E-state index is 4.96. The van der Waals surface area contributed by atoms with Crippen LogP contribution in [-0.2, 0) is 0 Å². The predicted octanol–water partition coefficient (Wildman–Crippen LogP) is 6.43. The Kier molecular flexibility index (Phi) is 3.68. The molecule has 0 bridgehead atoms. The maximum Gasteiger partial charge on any atom is 0.0731 e. The Labute approximate surface area is 158 Å². The number of rotatable bonds is 2. The second kappa shape index (κ2) is 6.33. The fourth-order valence-corrected chi connectivity index (χ4v) is 3.63. The van der Waals surface area contributed by atoms with E-state index in [1.54, 1.807) is 6.20 Å². The molecular weight excluding hydrogens is 328 g/mol. The fourth-order valence-electron chi connectivity index (χ4n) is 3.63. The van der Waals surface area contributed by atoms with Crippen LogP contribution in [0.3, 0.4) is 0 Å². The second-order valence-corrected chi connectivity index (χ2v) is 6.84. The third-order valence-electron chi connectivity index (χ3n) is 5.02. The standard InChI is InChI=1S/C25H18N2/c1-17-8-10-19(11-9-17)22-15-24(20-6-4-14-26-16-20)27-23-13-12-18-5-2-3-7-21(18)25(22)23/h2-16H,1H3. The summed E-state index contributed by atoms with van der Waals surface area (Å²) in [5.41, 5.74) is 6.65. The lowest BCUT2D eigenvalue weighted by Crippen LogP contribution is -1.91. The van der Waals surface area contributed by atoms with E-state index < -0.39 is 0 Å². The van der Waals surface area contributed by atoms with Gasteiger partial charge in [0.2, 0.25) is 0 Å². The van der Waals surface area contributed by atoms with Gasteiger partial charge >= 0.3 is 0 Å². The molecule has 3 aromatic carbocycles. The molecular formula is C25H18N2. The average molecular weight is 346 g/mol. The largest absolute Gasteiger partial charge is 0.264 e. The Hall–Kier alpha value is -3.52. The van der Waals surface area contributed by atoms with Crippen molar-refractivity contribution >= 4 is 21.7 Å². The zero-order valence-corrected chi connectivity index (χ0v) is 15.1. The number of hydrogen-bond donors (Lipinski definition) is 0. The van der Waals surface area contributed by atoms with E-state index in [2.05, 4.69) is 84.7 Å². The lowest BCUT2D eigenvalue weighted by molar-refractivity contribution is 1.30. The molecule has 0 fully saturated rings. The summed E-state index contributed by atoms with van der Waals surface area (Å²) in [4.78, 5) is 9.22. The molecule has 5 rings (SSSR count). The van der Waals surface area contributed by atoms with Crippen LogP contribution in [0, 0.1) is 6.92 Å². The molecule has 0 unspecified atom stereocenters. The molecule has 2 aromatic heterocycles. The van der Waals surface area contributed by atoms with Crippen molar-refractivity contribution in [2.75, 3.05) is 0 Å². The van der Waals surface area contributed by atoms with Crippen molar-refractivity contribution in [2.45, 2.75) is 6.92 Å². The monoisotopic (exact) mass is 346 g/mol. The van der Waals surface area contributed by atoms with Gasteiger partial charge in [0.1, 0.15) is 0 Å². The molecule has 0 N–H and O–H groups in total. The molecule has 0 aliphatic rings. The quantitative estimate of drug-likeness (QED) is 0.344. The lowest BCUT2D eigenvalue weighted by atomic mass is 9.94. The van der Waals surface area contributed by atoms with E-state index in [4.69, 9.17) is 4.98 Å². The van der Waals surface area contributed by atoms with Crippen molar-refractivity contribution in [3.8, 4) is 22.4 Å². The molecule has 0 saturated carbocycles. The van der Waals surface area contributed by atoms with E-state index in [1.165, 1.54) is 32.8 Å². The van der Waals surface area contributed by atoms with Gasteiger partial charge in [-0.2, -0.15) is 0 Å². The Morgan fingerprint density at radius 2 is 1.59 bits per heavy atom. The first-order valence-electron chi connectivity index (χ1n) is 9.09. The molecule has 5 aromatic rings. The van der Waals surface area contributed by atoms with Gasteiger partial charge in [0, 0.05) is 23.3 Å². The van der Waals surface area contributed by atoms with Crippen LogP contribution in [0.5, 0.6) is 0 Å². The number of nitrogens with zero attached hydrogens (tertiary/aromatic N) is 2. The van der Waals surface area contributed by atoms with Crippen molar-refractivity contribution in [1.82, 2.24) is 9.97 Å². The molecule has 0 spiro atoms. The Morgan fingerprint density at radius 1 is 0.741 bits per heavy atom. The summed E-state index contributed by atoms with van der Waals surface area (Å²) in [7, 11) is 0. The first kappa shape index (κ1) is 15.7. The highest BCUT2D eigenvalue weighted by molar-refractivity contribution is 6.13. The highest BCUT2D eigenvalue weighted by atomic mass is 14.7. The van der Waals surface area contributed by atoms with E-state index in [0.29, 0.717) is 0 Å². The van der Waals surface area contributed by atoms with Crippen LogP contribution in [0.25, 0.3) is 44.1 Å². The smallest absolute Gasteiger partial charge is 0.0731 e. The first-order chi connectivity index (χ1) is 13.3. The second-order valence-electron chi connectivity index (χ2n) is 6.84. The minimum atomic E-state index is 0.946. The van der Waals surface area contributed by atoms with E-state index >= 15 is 0 Å². The lowest BCUT2D eigenvalue weighted by Gasteiger charge is -2.13. The van der Waals surface area contributed by atoms with Gasteiger partial charge in [0.05, 0.1) is 11.2 Å². The van der Waals surface area contributed by atoms with Crippen molar-refractivity contribution in [1.29, 1.82) is 0 Å². The molecule has 2 heteroatoms. The van der Waals surface area contributed by atoms with E-state index in [1.807, 2.05) is 12.3 Å². The molecule has 0 aliphatic heterocycles.